The van der Waals surface area contributed by atoms with Crippen LogP contribution in [0.5, 0.6) is 11.5 Å². The molecule has 1 amide bonds. The Balaban J connectivity index is 1.31. The van der Waals surface area contributed by atoms with E-state index < -0.39 is 11.7 Å². The van der Waals surface area contributed by atoms with Gasteiger partial charge in [-0.15, -0.1) is 11.3 Å². The summed E-state index contributed by atoms with van der Waals surface area (Å²) in [5, 5.41) is 4.60. The van der Waals surface area contributed by atoms with Crippen molar-refractivity contribution in [1.29, 1.82) is 0 Å². The number of hydrogen-bond donors (Lipinski definition) is 1. The summed E-state index contributed by atoms with van der Waals surface area (Å²) in [6.45, 7) is 0.224. The van der Waals surface area contributed by atoms with Gasteiger partial charge in [0, 0.05) is 22.8 Å². The maximum atomic E-state index is 12.8. The lowest BCUT2D eigenvalue weighted by molar-refractivity contribution is -0.137. The topological polar surface area (TPSA) is 64.9 Å². The van der Waals surface area contributed by atoms with Crippen LogP contribution in [0.25, 0.3) is 16.2 Å². The van der Waals surface area contributed by atoms with E-state index in [1.165, 1.54) is 23.5 Å². The predicted octanol–water partition coefficient (Wildman–Crippen LogP) is 4.83. The highest BCUT2D eigenvalue weighted by atomic mass is 32.1. The van der Waals surface area contributed by atoms with Crippen LogP contribution >= 0.6 is 11.3 Å². The highest BCUT2D eigenvalue weighted by Crippen LogP contribution is 2.31. The number of nitrogens with zero attached hydrogens (tertiary/aromatic N) is 2. The zero-order chi connectivity index (χ0) is 23.4. The first kappa shape index (κ1) is 22.7. The molecule has 2 aromatic heterocycles. The first-order valence-electron chi connectivity index (χ1n) is 10.00. The number of imidazole rings is 1. The van der Waals surface area contributed by atoms with Gasteiger partial charge in [-0.25, -0.2) is 4.98 Å². The third-order valence-corrected chi connectivity index (χ3v) is 5.75. The molecule has 0 aliphatic carbocycles. The molecule has 6 nitrogen and oxygen atoms in total. The number of methoxy groups -OCH3 is 1. The number of amides is 1. The first-order valence-corrected chi connectivity index (χ1v) is 10.9. The Kier molecular flexibility index (Phi) is 6.55. The molecular weight excluding hydrogens is 455 g/mol. The molecule has 0 aliphatic heterocycles. The molecule has 0 saturated carbocycles. The maximum Gasteiger partial charge on any atom is 0.416 e. The molecule has 2 aromatic carbocycles. The van der Waals surface area contributed by atoms with Gasteiger partial charge in [0.1, 0.15) is 18.1 Å². The first-order chi connectivity index (χ1) is 15.8. The number of alkyl halides is 3. The van der Waals surface area contributed by atoms with Gasteiger partial charge in [-0.05, 0) is 42.5 Å². The second kappa shape index (κ2) is 9.53. The van der Waals surface area contributed by atoms with Crippen LogP contribution in [-0.4, -0.2) is 35.6 Å². The molecule has 4 rings (SSSR count). The fourth-order valence-electron chi connectivity index (χ4n) is 3.21. The second-order valence-electron chi connectivity index (χ2n) is 7.14. The normalized spacial score (nSPS) is 11.5. The largest absolute Gasteiger partial charge is 0.497 e. The number of rotatable bonds is 8. The molecule has 0 aliphatic rings. The molecule has 0 atom stereocenters. The third kappa shape index (κ3) is 5.46. The molecule has 0 radical (unpaired) electrons. The molecule has 4 aromatic rings. The molecule has 1 N–H and O–H groups in total. The molecule has 0 unspecified atom stereocenters. The van der Waals surface area contributed by atoms with Crippen molar-refractivity contribution in [2.75, 3.05) is 20.3 Å². The van der Waals surface area contributed by atoms with E-state index in [-0.39, 0.29) is 31.2 Å². The number of aromatic nitrogens is 2. The minimum atomic E-state index is -4.43. The monoisotopic (exact) mass is 475 g/mol. The van der Waals surface area contributed by atoms with E-state index in [1.54, 1.807) is 7.11 Å². The van der Waals surface area contributed by atoms with E-state index in [0.29, 0.717) is 0 Å². The number of carbonyl (C=O) groups excluding carboxylic acids is 1. The van der Waals surface area contributed by atoms with E-state index in [9.17, 15) is 18.0 Å². The van der Waals surface area contributed by atoms with Crippen molar-refractivity contribution in [2.24, 2.45) is 0 Å². The predicted molar refractivity (Wildman–Crippen MR) is 119 cm³/mol. The minimum absolute atomic E-state index is 0.0544. The van der Waals surface area contributed by atoms with E-state index in [1.807, 2.05) is 40.2 Å². The Bertz CT molecular complexity index is 1250. The summed E-state index contributed by atoms with van der Waals surface area (Å²) in [5.74, 6) is 0.638. The Morgan fingerprint density at radius 2 is 1.94 bits per heavy atom. The van der Waals surface area contributed by atoms with Gasteiger partial charge in [0.2, 0.25) is 5.91 Å². The molecule has 0 spiro atoms. The zero-order valence-electron chi connectivity index (χ0n) is 17.6. The fourth-order valence-corrected chi connectivity index (χ4v) is 4.08. The van der Waals surface area contributed by atoms with Gasteiger partial charge < -0.3 is 14.8 Å². The van der Waals surface area contributed by atoms with Gasteiger partial charge in [-0.1, -0.05) is 6.07 Å². The number of carbonyl (C=O) groups is 1. The Labute approximate surface area is 191 Å². The lowest BCUT2D eigenvalue weighted by Crippen LogP contribution is -2.29. The Morgan fingerprint density at radius 1 is 1.15 bits per heavy atom. The van der Waals surface area contributed by atoms with Crippen LogP contribution in [0.3, 0.4) is 0 Å². The number of nitrogens with one attached hydrogen (secondary N) is 1. The van der Waals surface area contributed by atoms with Crippen molar-refractivity contribution in [3.8, 4) is 22.8 Å². The van der Waals surface area contributed by atoms with Crippen molar-refractivity contribution in [3.05, 3.63) is 71.4 Å². The summed E-state index contributed by atoms with van der Waals surface area (Å²) in [5.41, 5.74) is 1.74. The average molecular weight is 475 g/mol. The summed E-state index contributed by atoms with van der Waals surface area (Å²) in [4.78, 5) is 17.7. The minimum Gasteiger partial charge on any atom is -0.497 e. The summed E-state index contributed by atoms with van der Waals surface area (Å²) in [6, 6.07) is 12.2. The second-order valence-corrected chi connectivity index (χ2v) is 7.97. The quantitative estimate of drug-likeness (QED) is 0.371. The molecule has 10 heteroatoms. The molecule has 172 valence electrons. The van der Waals surface area contributed by atoms with Crippen molar-refractivity contribution < 1.29 is 27.4 Å². The summed E-state index contributed by atoms with van der Waals surface area (Å²) in [7, 11) is 1.61. The van der Waals surface area contributed by atoms with Crippen LogP contribution in [0.2, 0.25) is 0 Å². The smallest absolute Gasteiger partial charge is 0.416 e. The Hall–Kier alpha value is -3.53. The van der Waals surface area contributed by atoms with Crippen LogP contribution in [0, 0.1) is 0 Å². The lowest BCUT2D eigenvalue weighted by atomic mass is 10.2. The molecule has 33 heavy (non-hydrogen) atoms. The number of halogens is 3. The van der Waals surface area contributed by atoms with Gasteiger partial charge in [0.05, 0.1) is 31.3 Å². The molecule has 0 fully saturated rings. The lowest BCUT2D eigenvalue weighted by Gasteiger charge is -2.10. The van der Waals surface area contributed by atoms with E-state index >= 15 is 0 Å². The number of benzene rings is 2. The zero-order valence-corrected chi connectivity index (χ0v) is 18.4. The number of hydrogen-bond acceptors (Lipinski definition) is 5. The van der Waals surface area contributed by atoms with Gasteiger partial charge in [-0.2, -0.15) is 13.2 Å². The highest BCUT2D eigenvalue weighted by Gasteiger charge is 2.30. The van der Waals surface area contributed by atoms with Crippen LogP contribution < -0.4 is 14.8 Å². The number of fused-ring (bicyclic) bond motifs is 1. The average Bonchev–Trinajstić information content (AvgIpc) is 3.38. The summed E-state index contributed by atoms with van der Waals surface area (Å²) < 4.78 is 50.7. The summed E-state index contributed by atoms with van der Waals surface area (Å²) in [6.07, 6.45) is -2.41. The van der Waals surface area contributed by atoms with Crippen molar-refractivity contribution in [1.82, 2.24) is 14.7 Å². The van der Waals surface area contributed by atoms with E-state index in [2.05, 4.69) is 10.3 Å². The van der Waals surface area contributed by atoms with Gasteiger partial charge in [0.15, 0.2) is 4.96 Å². The van der Waals surface area contributed by atoms with Gasteiger partial charge in [-0.3, -0.25) is 9.20 Å². The van der Waals surface area contributed by atoms with Crippen molar-refractivity contribution in [2.45, 2.75) is 12.6 Å². The molecular formula is C23H20F3N3O3S. The molecule has 0 saturated heterocycles. The molecule has 2 heterocycles. The van der Waals surface area contributed by atoms with E-state index in [0.717, 1.165) is 39.8 Å². The SMILES string of the molecule is COc1ccc(-c2cn3c(CC(=O)NCCOc4cccc(C(F)(F)F)c4)csc3n2)cc1. The number of thiazole rings is 1. The number of ether oxygens (including phenoxy) is 2. The van der Waals surface area contributed by atoms with Gasteiger partial charge >= 0.3 is 6.18 Å². The van der Waals surface area contributed by atoms with Crippen molar-refractivity contribution >= 4 is 22.2 Å². The van der Waals surface area contributed by atoms with Crippen LogP contribution in [-0.2, 0) is 17.4 Å². The van der Waals surface area contributed by atoms with Crippen LogP contribution in [0.4, 0.5) is 13.2 Å². The van der Waals surface area contributed by atoms with Crippen LogP contribution in [0.15, 0.2) is 60.1 Å². The maximum absolute atomic E-state index is 12.8. The molecule has 0 bridgehead atoms. The van der Waals surface area contributed by atoms with Crippen LogP contribution in [0.1, 0.15) is 11.3 Å². The van der Waals surface area contributed by atoms with Crippen molar-refractivity contribution in [3.63, 3.8) is 0 Å². The fraction of sp³-hybridized carbons (Fsp3) is 0.217. The summed E-state index contributed by atoms with van der Waals surface area (Å²) >= 11 is 1.44. The Morgan fingerprint density at radius 3 is 2.67 bits per heavy atom. The highest BCUT2D eigenvalue weighted by molar-refractivity contribution is 7.15. The van der Waals surface area contributed by atoms with Gasteiger partial charge in [0.25, 0.3) is 0 Å². The van der Waals surface area contributed by atoms with E-state index in [4.69, 9.17) is 9.47 Å². The third-order valence-electron chi connectivity index (χ3n) is 4.87. The standard InChI is InChI=1S/C23H20F3N3O3S/c1-31-18-7-5-15(6-8-18)20-13-29-17(14-33-22(29)28-20)12-21(30)27-9-10-32-19-4-2-3-16(11-19)23(24,25)26/h2-8,11,13-14H,9-10,12H2,1H3,(H,27,30).